The number of pyridine rings is 1. The summed E-state index contributed by atoms with van der Waals surface area (Å²) < 4.78 is 7.62. The zero-order valence-corrected chi connectivity index (χ0v) is 16.7. The predicted octanol–water partition coefficient (Wildman–Crippen LogP) is 4.25. The van der Waals surface area contributed by atoms with E-state index >= 15 is 0 Å². The van der Waals surface area contributed by atoms with Crippen LogP contribution in [0.1, 0.15) is 56.5 Å². The molecule has 0 radical (unpaired) electrons. The fourth-order valence-corrected chi connectivity index (χ4v) is 3.10. The zero-order chi connectivity index (χ0) is 19.9. The molecule has 3 aromatic rings. The van der Waals surface area contributed by atoms with Gasteiger partial charge in [-0.25, -0.2) is 19.7 Å². The average Bonchev–Trinajstić information content (AvgIpc) is 3.37. The molecular formula is C21H25N5O2. The van der Waals surface area contributed by atoms with Gasteiger partial charge in [0.1, 0.15) is 23.4 Å². The normalized spacial score (nSPS) is 14.3. The van der Waals surface area contributed by atoms with Crippen LogP contribution >= 0.6 is 0 Å². The van der Waals surface area contributed by atoms with E-state index in [1.807, 2.05) is 44.4 Å². The number of fused-ring (bicyclic) bond motifs is 1. The number of anilines is 1. The zero-order valence-electron chi connectivity index (χ0n) is 16.7. The Morgan fingerprint density at radius 1 is 1.25 bits per heavy atom. The van der Waals surface area contributed by atoms with E-state index in [-0.39, 0.29) is 6.54 Å². The summed E-state index contributed by atoms with van der Waals surface area (Å²) in [6, 6.07) is 5.94. The summed E-state index contributed by atoms with van der Waals surface area (Å²) in [5, 5.41) is 0. The molecule has 1 aliphatic carbocycles. The van der Waals surface area contributed by atoms with Gasteiger partial charge < -0.3 is 9.14 Å². The third kappa shape index (κ3) is 4.13. The number of aromatic nitrogens is 4. The van der Waals surface area contributed by atoms with E-state index in [9.17, 15) is 4.79 Å². The Labute approximate surface area is 164 Å². The monoisotopic (exact) mass is 379 g/mol. The Kier molecular flexibility index (Phi) is 4.53. The Hall–Kier alpha value is -2.96. The molecule has 0 unspecified atom stereocenters. The average molecular weight is 379 g/mol. The van der Waals surface area contributed by atoms with Crippen molar-refractivity contribution in [1.29, 1.82) is 0 Å². The van der Waals surface area contributed by atoms with Crippen molar-refractivity contribution in [3.05, 3.63) is 53.9 Å². The Balaban J connectivity index is 1.64. The van der Waals surface area contributed by atoms with Gasteiger partial charge in [0.2, 0.25) is 0 Å². The number of imidazole rings is 1. The molecule has 0 saturated heterocycles. The summed E-state index contributed by atoms with van der Waals surface area (Å²) >= 11 is 0. The first kappa shape index (κ1) is 18.4. The fourth-order valence-electron chi connectivity index (χ4n) is 3.10. The molecule has 1 aliphatic rings. The molecule has 7 heteroatoms. The standard InChI is InChI=1S/C21H25N5O2/c1-14-9-19(23-13-22-14)26(20(27)28-21(2,3)4)12-17-11-25-10-16(15-5-6-15)7-8-18(25)24-17/h7-11,13,15H,5-6,12H2,1-4H3. The van der Waals surface area contributed by atoms with Crippen LogP contribution in [-0.2, 0) is 11.3 Å². The summed E-state index contributed by atoms with van der Waals surface area (Å²) in [7, 11) is 0. The number of carbonyl (C=O) groups is 1. The first-order chi connectivity index (χ1) is 13.3. The largest absolute Gasteiger partial charge is 0.443 e. The number of ether oxygens (including phenoxy) is 1. The Bertz CT molecular complexity index is 1020. The summed E-state index contributed by atoms with van der Waals surface area (Å²) in [6.07, 6.45) is 7.61. The van der Waals surface area contributed by atoms with Crippen molar-refractivity contribution in [1.82, 2.24) is 19.4 Å². The maximum atomic E-state index is 12.9. The highest BCUT2D eigenvalue weighted by Crippen LogP contribution is 2.39. The second kappa shape index (κ2) is 6.89. The molecule has 146 valence electrons. The molecule has 0 aliphatic heterocycles. The van der Waals surface area contributed by atoms with Gasteiger partial charge in [-0.05, 0) is 58.1 Å². The molecule has 7 nitrogen and oxygen atoms in total. The van der Waals surface area contributed by atoms with E-state index in [4.69, 9.17) is 4.74 Å². The quantitative estimate of drug-likeness (QED) is 0.677. The van der Waals surface area contributed by atoms with E-state index in [0.717, 1.165) is 17.0 Å². The number of aryl methyl sites for hydroxylation is 1. The molecule has 0 N–H and O–H groups in total. The van der Waals surface area contributed by atoms with Crippen LogP contribution < -0.4 is 4.90 Å². The van der Waals surface area contributed by atoms with Crippen LogP contribution in [0.15, 0.2) is 36.9 Å². The van der Waals surface area contributed by atoms with E-state index in [1.54, 1.807) is 6.07 Å². The predicted molar refractivity (Wildman–Crippen MR) is 106 cm³/mol. The van der Waals surface area contributed by atoms with Crippen molar-refractivity contribution in [2.45, 2.75) is 58.6 Å². The van der Waals surface area contributed by atoms with Crippen molar-refractivity contribution in [2.75, 3.05) is 4.90 Å². The molecule has 28 heavy (non-hydrogen) atoms. The van der Waals surface area contributed by atoms with Crippen LogP contribution in [0, 0.1) is 6.92 Å². The van der Waals surface area contributed by atoms with Crippen molar-refractivity contribution < 1.29 is 9.53 Å². The van der Waals surface area contributed by atoms with E-state index in [0.29, 0.717) is 11.7 Å². The number of nitrogens with zero attached hydrogens (tertiary/aromatic N) is 5. The maximum Gasteiger partial charge on any atom is 0.416 e. The first-order valence-corrected chi connectivity index (χ1v) is 9.55. The van der Waals surface area contributed by atoms with E-state index < -0.39 is 11.7 Å². The van der Waals surface area contributed by atoms with Crippen molar-refractivity contribution in [3.63, 3.8) is 0 Å². The number of amides is 1. The Morgan fingerprint density at radius 3 is 2.71 bits per heavy atom. The third-order valence-corrected chi connectivity index (χ3v) is 4.57. The highest BCUT2D eigenvalue weighted by atomic mass is 16.6. The number of hydrogen-bond donors (Lipinski definition) is 0. The minimum Gasteiger partial charge on any atom is -0.443 e. The van der Waals surface area contributed by atoms with Gasteiger partial charge in [0, 0.05) is 24.2 Å². The van der Waals surface area contributed by atoms with Crippen LogP contribution in [-0.4, -0.2) is 31.0 Å². The Morgan fingerprint density at radius 2 is 2.04 bits per heavy atom. The maximum absolute atomic E-state index is 12.9. The van der Waals surface area contributed by atoms with Gasteiger partial charge in [-0.3, -0.25) is 4.90 Å². The summed E-state index contributed by atoms with van der Waals surface area (Å²) in [5.41, 5.74) is 3.15. The summed E-state index contributed by atoms with van der Waals surface area (Å²) in [5.74, 6) is 1.18. The van der Waals surface area contributed by atoms with Gasteiger partial charge >= 0.3 is 6.09 Å². The van der Waals surface area contributed by atoms with E-state index in [2.05, 4.69) is 27.2 Å². The minimum absolute atomic E-state index is 0.270. The van der Waals surface area contributed by atoms with Gasteiger partial charge in [-0.2, -0.15) is 0 Å². The first-order valence-electron chi connectivity index (χ1n) is 9.55. The van der Waals surface area contributed by atoms with E-state index in [1.165, 1.54) is 29.6 Å². The number of hydrogen-bond acceptors (Lipinski definition) is 5. The summed E-state index contributed by atoms with van der Waals surface area (Å²) in [4.78, 5) is 27.4. The molecule has 0 bridgehead atoms. The lowest BCUT2D eigenvalue weighted by atomic mass is 10.2. The second-order valence-electron chi connectivity index (χ2n) is 8.32. The topological polar surface area (TPSA) is 72.6 Å². The van der Waals surface area contributed by atoms with Gasteiger partial charge in [0.15, 0.2) is 0 Å². The lowest BCUT2D eigenvalue weighted by Gasteiger charge is -2.26. The molecule has 0 aromatic carbocycles. The highest BCUT2D eigenvalue weighted by molar-refractivity contribution is 5.86. The third-order valence-electron chi connectivity index (χ3n) is 4.57. The smallest absolute Gasteiger partial charge is 0.416 e. The van der Waals surface area contributed by atoms with Crippen molar-refractivity contribution in [3.8, 4) is 0 Å². The van der Waals surface area contributed by atoms with Gasteiger partial charge in [-0.1, -0.05) is 6.07 Å². The molecule has 4 rings (SSSR count). The molecular weight excluding hydrogens is 354 g/mol. The van der Waals surface area contributed by atoms with Crippen LogP contribution in [0.3, 0.4) is 0 Å². The molecule has 1 amide bonds. The lowest BCUT2D eigenvalue weighted by Crippen LogP contribution is -2.37. The molecule has 0 spiro atoms. The van der Waals surface area contributed by atoms with Gasteiger partial charge in [-0.15, -0.1) is 0 Å². The second-order valence-corrected chi connectivity index (χ2v) is 8.32. The van der Waals surface area contributed by atoms with Crippen LogP contribution in [0.4, 0.5) is 10.6 Å². The minimum atomic E-state index is -0.602. The molecule has 3 heterocycles. The van der Waals surface area contributed by atoms with Gasteiger partial charge in [0.05, 0.1) is 12.2 Å². The van der Waals surface area contributed by atoms with Crippen LogP contribution in [0.2, 0.25) is 0 Å². The van der Waals surface area contributed by atoms with Crippen LogP contribution in [0.25, 0.3) is 5.65 Å². The lowest BCUT2D eigenvalue weighted by molar-refractivity contribution is 0.0576. The van der Waals surface area contributed by atoms with Crippen molar-refractivity contribution in [2.24, 2.45) is 0 Å². The van der Waals surface area contributed by atoms with Crippen LogP contribution in [0.5, 0.6) is 0 Å². The fraction of sp³-hybridized carbons (Fsp3) is 0.429. The highest BCUT2D eigenvalue weighted by Gasteiger charge is 2.26. The van der Waals surface area contributed by atoms with Crippen molar-refractivity contribution >= 4 is 17.6 Å². The SMILES string of the molecule is Cc1cc(N(Cc2cn3cc(C4CC4)ccc3n2)C(=O)OC(C)(C)C)ncn1. The van der Waals surface area contributed by atoms with Gasteiger partial charge in [0.25, 0.3) is 0 Å². The number of rotatable bonds is 4. The molecule has 1 saturated carbocycles. The molecule has 1 fully saturated rings. The molecule has 3 aromatic heterocycles. The number of carbonyl (C=O) groups excluding carboxylic acids is 1. The molecule has 0 atom stereocenters. The summed E-state index contributed by atoms with van der Waals surface area (Å²) in [6.45, 7) is 7.67.